The number of hydrogen-bond acceptors (Lipinski definition) is 2. The lowest BCUT2D eigenvalue weighted by molar-refractivity contribution is -0.138. The molecule has 0 aliphatic carbocycles. The van der Waals surface area contributed by atoms with Crippen molar-refractivity contribution in [3.63, 3.8) is 0 Å². The van der Waals surface area contributed by atoms with E-state index in [0.29, 0.717) is 0 Å². The first-order valence-electron chi connectivity index (χ1n) is 5.36. The average Bonchev–Trinajstić information content (AvgIpc) is 2.77. The van der Waals surface area contributed by atoms with Crippen molar-refractivity contribution in [1.82, 2.24) is 5.32 Å². The van der Waals surface area contributed by atoms with Gasteiger partial charge in [-0.05, 0) is 11.6 Å². The third kappa shape index (κ3) is 3.22. The smallest absolute Gasteiger partial charge is 0.400 e. The first kappa shape index (κ1) is 14.5. The van der Waals surface area contributed by atoms with Crippen LogP contribution in [0.3, 0.4) is 0 Å². The minimum atomic E-state index is -4.36. The maximum atomic E-state index is 12.7. The van der Waals surface area contributed by atoms with Crippen molar-refractivity contribution in [3.05, 3.63) is 35.4 Å². The number of amides is 1. The zero-order valence-electron chi connectivity index (χ0n) is 9.79. The fourth-order valence-electron chi connectivity index (χ4n) is 1.94. The molecule has 1 atom stereocenters. The van der Waals surface area contributed by atoms with Gasteiger partial charge < -0.3 is 10.4 Å². The number of carbonyl (C=O) groups excluding carboxylic acids is 1. The van der Waals surface area contributed by atoms with Crippen LogP contribution < -0.4 is 5.32 Å². The molecule has 0 bridgehead atoms. The second kappa shape index (κ2) is 5.86. The second-order valence-electron chi connectivity index (χ2n) is 3.79. The van der Waals surface area contributed by atoms with Gasteiger partial charge in [0.05, 0.1) is 5.56 Å². The molecule has 2 N–H and O–H groups in total. The molecule has 1 aliphatic heterocycles. The predicted molar refractivity (Wildman–Crippen MR) is 60.0 cm³/mol. The molecule has 0 radical (unpaired) electrons. The van der Waals surface area contributed by atoms with Gasteiger partial charge in [-0.1, -0.05) is 18.2 Å². The summed E-state index contributed by atoms with van der Waals surface area (Å²) >= 11 is 0. The first-order valence-corrected chi connectivity index (χ1v) is 5.36. The molecule has 18 heavy (non-hydrogen) atoms. The molecule has 1 heterocycles. The lowest BCUT2D eigenvalue weighted by atomic mass is 9.93. The number of rotatable bonds is 1. The van der Waals surface area contributed by atoms with E-state index in [9.17, 15) is 18.0 Å². The number of benzene rings is 1. The highest BCUT2D eigenvalue weighted by Gasteiger charge is 2.36. The summed E-state index contributed by atoms with van der Waals surface area (Å²) < 4.78 is 38.1. The summed E-state index contributed by atoms with van der Waals surface area (Å²) in [6.07, 6.45) is -4.23. The highest BCUT2D eigenvalue weighted by atomic mass is 19.4. The summed E-state index contributed by atoms with van der Waals surface area (Å²) in [5.41, 5.74) is -0.440. The SMILES string of the molecule is CO.O=C1C[C@@H](c2ccccc2C(F)(F)F)CN1. The van der Waals surface area contributed by atoms with E-state index in [4.69, 9.17) is 5.11 Å². The number of aliphatic hydroxyl groups excluding tert-OH is 1. The van der Waals surface area contributed by atoms with Crippen LogP contribution in [0.15, 0.2) is 24.3 Å². The fourth-order valence-corrected chi connectivity index (χ4v) is 1.94. The van der Waals surface area contributed by atoms with E-state index in [1.807, 2.05) is 0 Å². The van der Waals surface area contributed by atoms with E-state index >= 15 is 0 Å². The molecule has 0 unspecified atom stereocenters. The van der Waals surface area contributed by atoms with E-state index in [2.05, 4.69) is 5.32 Å². The number of hydrogen-bond donors (Lipinski definition) is 2. The molecule has 6 heteroatoms. The van der Waals surface area contributed by atoms with Crippen molar-refractivity contribution in [2.24, 2.45) is 0 Å². The number of carbonyl (C=O) groups is 1. The van der Waals surface area contributed by atoms with Crippen LogP contribution in [0.5, 0.6) is 0 Å². The van der Waals surface area contributed by atoms with Gasteiger partial charge in [0, 0.05) is 26.0 Å². The van der Waals surface area contributed by atoms with Crippen molar-refractivity contribution >= 4 is 5.91 Å². The molecule has 0 aromatic heterocycles. The molecule has 0 spiro atoms. The van der Waals surface area contributed by atoms with Crippen LogP contribution in [0.25, 0.3) is 0 Å². The molecular weight excluding hydrogens is 247 g/mol. The Bertz CT molecular complexity index is 418. The second-order valence-corrected chi connectivity index (χ2v) is 3.79. The van der Waals surface area contributed by atoms with Gasteiger partial charge in [-0.15, -0.1) is 0 Å². The number of halogens is 3. The summed E-state index contributed by atoms with van der Waals surface area (Å²) in [4.78, 5) is 11.0. The van der Waals surface area contributed by atoms with Crippen molar-refractivity contribution < 1.29 is 23.1 Å². The number of nitrogens with one attached hydrogen (secondary N) is 1. The summed E-state index contributed by atoms with van der Waals surface area (Å²) in [6.45, 7) is 0.284. The largest absolute Gasteiger partial charge is 0.416 e. The van der Waals surface area contributed by atoms with Gasteiger partial charge in [0.2, 0.25) is 5.91 Å². The predicted octanol–water partition coefficient (Wildman–Crippen LogP) is 1.92. The molecule has 3 nitrogen and oxygen atoms in total. The van der Waals surface area contributed by atoms with Gasteiger partial charge in [-0.3, -0.25) is 4.79 Å². The van der Waals surface area contributed by atoms with Crippen molar-refractivity contribution in [2.45, 2.75) is 18.5 Å². The number of aliphatic hydroxyl groups is 1. The summed E-state index contributed by atoms with van der Waals surface area (Å²) in [5, 5.41) is 9.54. The molecule has 1 fully saturated rings. The third-order valence-electron chi connectivity index (χ3n) is 2.68. The third-order valence-corrected chi connectivity index (χ3v) is 2.68. The average molecular weight is 261 g/mol. The molecule has 1 aromatic carbocycles. The molecule has 100 valence electrons. The normalized spacial score (nSPS) is 18.9. The van der Waals surface area contributed by atoms with Crippen LogP contribution in [0, 0.1) is 0 Å². The Morgan fingerprint density at radius 2 is 1.89 bits per heavy atom. The summed E-state index contributed by atoms with van der Waals surface area (Å²) in [6, 6.07) is 5.41. The van der Waals surface area contributed by atoms with Crippen LogP contribution in [0.2, 0.25) is 0 Å². The van der Waals surface area contributed by atoms with Crippen molar-refractivity contribution in [1.29, 1.82) is 0 Å². The molecule has 1 aliphatic rings. The van der Waals surface area contributed by atoms with E-state index in [-0.39, 0.29) is 30.4 Å². The molecule has 2 rings (SSSR count). The standard InChI is InChI=1S/C11H10F3NO.CH4O/c12-11(13,14)9-4-2-1-3-8(9)7-5-10(16)15-6-7;1-2/h1-4,7H,5-6H2,(H,15,16);2H,1H3/t7-;/m1./s1. The van der Waals surface area contributed by atoms with Gasteiger partial charge in [-0.25, -0.2) is 0 Å². The van der Waals surface area contributed by atoms with Gasteiger partial charge in [-0.2, -0.15) is 13.2 Å². The highest BCUT2D eigenvalue weighted by Crippen LogP contribution is 2.36. The lowest BCUT2D eigenvalue weighted by Gasteiger charge is -2.16. The van der Waals surface area contributed by atoms with Crippen LogP contribution in [-0.2, 0) is 11.0 Å². The van der Waals surface area contributed by atoms with Crippen LogP contribution >= 0.6 is 0 Å². The minimum absolute atomic E-state index is 0.132. The van der Waals surface area contributed by atoms with Crippen LogP contribution in [0.4, 0.5) is 13.2 Å². The van der Waals surface area contributed by atoms with Gasteiger partial charge >= 0.3 is 6.18 Å². The van der Waals surface area contributed by atoms with Crippen LogP contribution in [0.1, 0.15) is 23.5 Å². The molecule has 1 saturated heterocycles. The maximum Gasteiger partial charge on any atom is 0.416 e. The molecule has 1 aromatic rings. The van der Waals surface area contributed by atoms with E-state index in [1.165, 1.54) is 12.1 Å². The van der Waals surface area contributed by atoms with Gasteiger partial charge in [0.15, 0.2) is 0 Å². The summed E-state index contributed by atoms with van der Waals surface area (Å²) in [5.74, 6) is -0.563. The lowest BCUT2D eigenvalue weighted by Crippen LogP contribution is -2.15. The van der Waals surface area contributed by atoms with Crippen LogP contribution in [-0.4, -0.2) is 24.7 Å². The van der Waals surface area contributed by atoms with Gasteiger partial charge in [0.25, 0.3) is 0 Å². The summed E-state index contributed by atoms with van der Waals surface area (Å²) in [7, 11) is 1.00. The molecule has 1 amide bonds. The zero-order chi connectivity index (χ0) is 13.8. The quantitative estimate of drug-likeness (QED) is 0.811. The van der Waals surface area contributed by atoms with Gasteiger partial charge in [0.1, 0.15) is 0 Å². The monoisotopic (exact) mass is 261 g/mol. The molecule has 0 saturated carbocycles. The Labute approximate surface area is 103 Å². The topological polar surface area (TPSA) is 49.3 Å². The Kier molecular flexibility index (Phi) is 4.72. The Balaban J connectivity index is 0.000000771. The highest BCUT2D eigenvalue weighted by molar-refractivity contribution is 5.79. The van der Waals surface area contributed by atoms with E-state index in [0.717, 1.165) is 13.2 Å². The van der Waals surface area contributed by atoms with E-state index in [1.54, 1.807) is 6.07 Å². The molecular formula is C12H14F3NO2. The van der Waals surface area contributed by atoms with E-state index < -0.39 is 11.7 Å². The fraction of sp³-hybridized carbons (Fsp3) is 0.417. The Morgan fingerprint density at radius 3 is 2.39 bits per heavy atom. The minimum Gasteiger partial charge on any atom is -0.400 e. The van der Waals surface area contributed by atoms with Crippen molar-refractivity contribution in [3.8, 4) is 0 Å². The number of alkyl halides is 3. The maximum absolute atomic E-state index is 12.7. The Hall–Kier alpha value is -1.56. The van der Waals surface area contributed by atoms with Crippen molar-refractivity contribution in [2.75, 3.05) is 13.7 Å². The Morgan fingerprint density at radius 1 is 1.28 bits per heavy atom. The zero-order valence-corrected chi connectivity index (χ0v) is 9.79. The first-order chi connectivity index (χ1) is 8.48.